The van der Waals surface area contributed by atoms with Crippen molar-refractivity contribution >= 4 is 14.4 Å². The number of hydrogen-bond acceptors (Lipinski definition) is 1. The molecule has 0 aromatic rings. The minimum absolute atomic E-state index is 0.276. The van der Waals surface area contributed by atoms with Crippen molar-refractivity contribution in [1.82, 2.24) is 0 Å². The third kappa shape index (κ3) is 0.889. The summed E-state index contributed by atoms with van der Waals surface area (Å²) in [5.41, 5.74) is 0. The Labute approximate surface area is 44.6 Å². The zero-order valence-electron chi connectivity index (χ0n) is 4.03. The molecule has 0 saturated carbocycles. The Hall–Kier alpha value is -0.160. The van der Waals surface area contributed by atoms with Crippen LogP contribution in [0.15, 0.2) is 11.9 Å². The summed E-state index contributed by atoms with van der Waals surface area (Å²) in [5.74, 6) is 0.276. The fourth-order valence-corrected chi connectivity index (χ4v) is 1.55. The first-order chi connectivity index (χ1) is 3.30. The molecule has 0 bridgehead atoms. The topological polar surface area (TPSA) is 17.1 Å². The summed E-state index contributed by atoms with van der Waals surface area (Å²) in [6, 6.07) is 0. The van der Waals surface area contributed by atoms with Crippen molar-refractivity contribution in [2.24, 2.45) is 0 Å². The number of carbonyl (C=O) groups is 1. The van der Waals surface area contributed by atoms with Gasteiger partial charge >= 0.3 is 0 Å². The highest BCUT2D eigenvalue weighted by atomic mass is 31.1. The normalized spacial score (nSPS) is 24.6. The van der Waals surface area contributed by atoms with Gasteiger partial charge in [0.1, 0.15) is 0 Å². The summed E-state index contributed by atoms with van der Waals surface area (Å²) >= 11 is 0. The summed E-state index contributed by atoms with van der Waals surface area (Å²) in [4.78, 5) is 10.5. The van der Waals surface area contributed by atoms with Gasteiger partial charge in [0.15, 0.2) is 5.78 Å². The predicted molar refractivity (Wildman–Crippen MR) is 31.9 cm³/mol. The minimum atomic E-state index is 0.276. The fourth-order valence-electron chi connectivity index (χ4n) is 0.576. The molecule has 1 nitrogen and oxygen atoms in total. The average molecular weight is 114 g/mol. The Bertz CT molecular complexity index is 103. The Morgan fingerprint density at radius 3 is 2.57 bits per heavy atom. The first kappa shape index (κ1) is 4.99. The van der Waals surface area contributed by atoms with Crippen LogP contribution in [0, 0.1) is 0 Å². The minimum Gasteiger partial charge on any atom is -0.294 e. The lowest BCUT2D eigenvalue weighted by atomic mass is 10.3. The van der Waals surface area contributed by atoms with Crippen LogP contribution in [0.4, 0.5) is 0 Å². The lowest BCUT2D eigenvalue weighted by molar-refractivity contribution is -0.114. The molecule has 1 saturated heterocycles. The van der Waals surface area contributed by atoms with E-state index in [0.29, 0.717) is 0 Å². The van der Waals surface area contributed by atoms with Crippen molar-refractivity contribution < 1.29 is 4.79 Å². The molecule has 0 radical (unpaired) electrons. The van der Waals surface area contributed by atoms with Gasteiger partial charge in [-0.1, -0.05) is 15.2 Å². The SMILES string of the molecule is C=C1PCCC1=O. The van der Waals surface area contributed by atoms with Crippen molar-refractivity contribution in [1.29, 1.82) is 0 Å². The molecule has 0 N–H and O–H groups in total. The maximum absolute atomic E-state index is 10.5. The molecule has 2 heteroatoms. The summed E-state index contributed by atoms with van der Waals surface area (Å²) in [6.07, 6.45) is 1.80. The molecule has 1 fully saturated rings. The van der Waals surface area contributed by atoms with Gasteiger partial charge in [-0.15, -0.1) is 0 Å². The molecule has 0 aromatic carbocycles. The molecule has 1 unspecified atom stereocenters. The van der Waals surface area contributed by atoms with Gasteiger partial charge in [-0.05, 0) is 6.16 Å². The van der Waals surface area contributed by atoms with Crippen LogP contribution in [0.25, 0.3) is 0 Å². The van der Waals surface area contributed by atoms with E-state index in [2.05, 4.69) is 6.58 Å². The molecule has 7 heavy (non-hydrogen) atoms. The second-order valence-corrected chi connectivity index (χ2v) is 3.04. The first-order valence-electron chi connectivity index (χ1n) is 2.26. The lowest BCUT2D eigenvalue weighted by Gasteiger charge is -1.80. The molecule has 0 spiro atoms. The van der Waals surface area contributed by atoms with Gasteiger partial charge in [-0.3, -0.25) is 4.79 Å². The number of allylic oxidation sites excluding steroid dienone is 1. The van der Waals surface area contributed by atoms with Gasteiger partial charge in [-0.2, -0.15) is 0 Å². The van der Waals surface area contributed by atoms with E-state index in [1.165, 1.54) is 0 Å². The Morgan fingerprint density at radius 2 is 2.43 bits per heavy atom. The summed E-state index contributed by atoms with van der Waals surface area (Å²) in [6.45, 7) is 3.60. The van der Waals surface area contributed by atoms with Crippen LogP contribution in [0.3, 0.4) is 0 Å². The fraction of sp³-hybridized carbons (Fsp3) is 0.400. The molecular weight excluding hydrogens is 107 g/mol. The van der Waals surface area contributed by atoms with Crippen LogP contribution < -0.4 is 0 Å². The second kappa shape index (κ2) is 1.75. The standard InChI is InChI=1S/C5H7OP/c1-4-5(6)2-3-7-4/h7H,1-3H2. The Kier molecular flexibility index (Phi) is 1.25. The van der Waals surface area contributed by atoms with Gasteiger partial charge in [0.05, 0.1) is 0 Å². The Balaban J connectivity index is 2.65. The van der Waals surface area contributed by atoms with Crippen LogP contribution in [-0.2, 0) is 4.79 Å². The van der Waals surface area contributed by atoms with E-state index in [1.807, 2.05) is 0 Å². The number of ketones is 1. The second-order valence-electron chi connectivity index (χ2n) is 1.58. The smallest absolute Gasteiger partial charge is 0.162 e. The van der Waals surface area contributed by atoms with Crippen LogP contribution in [0.5, 0.6) is 0 Å². The third-order valence-corrected chi connectivity index (χ3v) is 2.23. The van der Waals surface area contributed by atoms with Crippen molar-refractivity contribution in [3.05, 3.63) is 11.9 Å². The summed E-state index contributed by atoms with van der Waals surface area (Å²) < 4.78 is 0. The summed E-state index contributed by atoms with van der Waals surface area (Å²) in [7, 11) is 0.719. The highest BCUT2D eigenvalue weighted by Crippen LogP contribution is 2.31. The van der Waals surface area contributed by atoms with Gasteiger partial charge < -0.3 is 0 Å². The quantitative estimate of drug-likeness (QED) is 0.341. The maximum Gasteiger partial charge on any atom is 0.162 e. The van der Waals surface area contributed by atoms with Crippen LogP contribution in [0.1, 0.15) is 6.42 Å². The summed E-state index contributed by atoms with van der Waals surface area (Å²) in [5, 5.41) is 0.847. The van der Waals surface area contributed by atoms with Crippen molar-refractivity contribution in [2.75, 3.05) is 6.16 Å². The molecule has 38 valence electrons. The lowest BCUT2D eigenvalue weighted by Crippen LogP contribution is -1.86. The van der Waals surface area contributed by atoms with Crippen molar-refractivity contribution in [3.63, 3.8) is 0 Å². The van der Waals surface area contributed by atoms with E-state index in [-0.39, 0.29) is 5.78 Å². The molecule has 1 rings (SSSR count). The number of carbonyl (C=O) groups excluding carboxylic acids is 1. The molecule has 1 atom stereocenters. The van der Waals surface area contributed by atoms with Gasteiger partial charge in [0, 0.05) is 11.7 Å². The van der Waals surface area contributed by atoms with E-state index in [4.69, 9.17) is 0 Å². The first-order valence-corrected chi connectivity index (χ1v) is 3.47. The van der Waals surface area contributed by atoms with E-state index in [1.54, 1.807) is 0 Å². The average Bonchev–Trinajstić information content (AvgIpc) is 1.91. The van der Waals surface area contributed by atoms with E-state index >= 15 is 0 Å². The molecule has 1 aliphatic heterocycles. The van der Waals surface area contributed by atoms with Crippen LogP contribution in [-0.4, -0.2) is 11.9 Å². The van der Waals surface area contributed by atoms with Crippen molar-refractivity contribution in [3.8, 4) is 0 Å². The van der Waals surface area contributed by atoms with Crippen molar-refractivity contribution in [2.45, 2.75) is 6.42 Å². The highest BCUT2D eigenvalue weighted by Gasteiger charge is 2.12. The molecule has 0 aliphatic carbocycles. The molecule has 1 heterocycles. The van der Waals surface area contributed by atoms with E-state index in [9.17, 15) is 4.79 Å². The van der Waals surface area contributed by atoms with E-state index in [0.717, 1.165) is 26.5 Å². The van der Waals surface area contributed by atoms with Crippen LogP contribution >= 0.6 is 8.58 Å². The molecule has 0 aromatic heterocycles. The molecule has 0 amide bonds. The number of Topliss-reactive ketones (excluding diaryl/α,β-unsaturated/α-hetero) is 1. The van der Waals surface area contributed by atoms with Gasteiger partial charge in [-0.25, -0.2) is 0 Å². The molecular formula is C5H7OP. The largest absolute Gasteiger partial charge is 0.294 e. The zero-order chi connectivity index (χ0) is 5.28. The number of hydrogen-bond donors (Lipinski definition) is 0. The zero-order valence-corrected chi connectivity index (χ0v) is 5.03. The monoisotopic (exact) mass is 114 g/mol. The number of rotatable bonds is 0. The van der Waals surface area contributed by atoms with Crippen LogP contribution in [0.2, 0.25) is 0 Å². The van der Waals surface area contributed by atoms with Gasteiger partial charge in [0.2, 0.25) is 0 Å². The predicted octanol–water partition coefficient (Wildman–Crippen LogP) is 1.15. The third-order valence-electron chi connectivity index (χ3n) is 1.03. The maximum atomic E-state index is 10.5. The Morgan fingerprint density at radius 1 is 1.71 bits per heavy atom. The van der Waals surface area contributed by atoms with Gasteiger partial charge in [0.25, 0.3) is 0 Å². The highest BCUT2D eigenvalue weighted by molar-refractivity contribution is 7.45. The van der Waals surface area contributed by atoms with E-state index < -0.39 is 0 Å². The molecule has 1 aliphatic rings.